The quantitative estimate of drug-likeness (QED) is 0.760. The molecule has 10 heteroatoms. The maximum Gasteiger partial charge on any atom is 0.387 e. The van der Waals surface area contributed by atoms with Crippen LogP contribution in [-0.2, 0) is 4.79 Å². The first kappa shape index (κ1) is 19.5. The average molecular weight is 397 g/mol. The molecule has 0 radical (unpaired) electrons. The van der Waals surface area contributed by atoms with E-state index in [0.717, 1.165) is 12.1 Å². The standard InChI is InChI=1S/C18H15F4N3O3/c19-14-5-4-12(9-15(14)20)25-7-6-24(18(25)27)10-16(26)23-11-2-1-3-13(8-11)28-17(21)22/h1-5,8-9,17H,6-7,10H2,(H,23,26). The summed E-state index contributed by atoms with van der Waals surface area (Å²) in [6.07, 6.45) is 0. The molecule has 148 valence electrons. The first-order chi connectivity index (χ1) is 13.3. The third-order valence-corrected chi connectivity index (χ3v) is 3.99. The molecule has 1 heterocycles. The van der Waals surface area contributed by atoms with Gasteiger partial charge in [-0.2, -0.15) is 8.78 Å². The number of amides is 3. The number of nitrogens with one attached hydrogen (secondary N) is 1. The fraction of sp³-hybridized carbons (Fsp3) is 0.222. The molecule has 0 unspecified atom stereocenters. The highest BCUT2D eigenvalue weighted by molar-refractivity contribution is 5.99. The van der Waals surface area contributed by atoms with E-state index < -0.39 is 30.2 Å². The number of rotatable bonds is 6. The fourth-order valence-corrected chi connectivity index (χ4v) is 2.75. The lowest BCUT2D eigenvalue weighted by Gasteiger charge is -2.18. The molecule has 0 saturated carbocycles. The normalized spacial score (nSPS) is 14.0. The van der Waals surface area contributed by atoms with E-state index in [1.165, 1.54) is 40.1 Å². The molecular formula is C18H15F4N3O3. The Morgan fingerprint density at radius 2 is 1.89 bits per heavy atom. The predicted octanol–water partition coefficient (Wildman–Crippen LogP) is 3.45. The number of nitrogens with zero attached hydrogens (tertiary/aromatic N) is 2. The SMILES string of the molecule is O=C(CN1CCN(c2ccc(F)c(F)c2)C1=O)Nc1cccc(OC(F)F)c1. The number of urea groups is 1. The number of carbonyl (C=O) groups excluding carboxylic acids is 2. The summed E-state index contributed by atoms with van der Waals surface area (Å²) < 4.78 is 55.2. The number of hydrogen-bond donors (Lipinski definition) is 1. The van der Waals surface area contributed by atoms with E-state index in [2.05, 4.69) is 10.1 Å². The Kier molecular flexibility index (Phi) is 5.67. The van der Waals surface area contributed by atoms with Gasteiger partial charge in [-0.3, -0.25) is 9.69 Å². The van der Waals surface area contributed by atoms with Crippen LogP contribution in [0.25, 0.3) is 0 Å². The molecule has 0 spiro atoms. The minimum Gasteiger partial charge on any atom is -0.435 e. The Morgan fingerprint density at radius 3 is 2.61 bits per heavy atom. The smallest absolute Gasteiger partial charge is 0.387 e. The van der Waals surface area contributed by atoms with E-state index in [9.17, 15) is 27.2 Å². The second kappa shape index (κ2) is 8.15. The fourth-order valence-electron chi connectivity index (χ4n) is 2.75. The van der Waals surface area contributed by atoms with Crippen molar-refractivity contribution in [1.29, 1.82) is 0 Å². The van der Waals surface area contributed by atoms with Gasteiger partial charge in [-0.15, -0.1) is 0 Å². The van der Waals surface area contributed by atoms with Gasteiger partial charge in [0.1, 0.15) is 12.3 Å². The molecule has 1 aliphatic rings. The molecule has 28 heavy (non-hydrogen) atoms. The van der Waals surface area contributed by atoms with Crippen molar-refractivity contribution in [2.24, 2.45) is 0 Å². The second-order valence-electron chi connectivity index (χ2n) is 5.91. The number of hydrogen-bond acceptors (Lipinski definition) is 3. The van der Waals surface area contributed by atoms with Crippen molar-refractivity contribution in [2.45, 2.75) is 6.61 Å². The van der Waals surface area contributed by atoms with E-state index in [4.69, 9.17) is 0 Å². The summed E-state index contributed by atoms with van der Waals surface area (Å²) in [6.45, 7) is -2.87. The molecule has 3 amide bonds. The second-order valence-corrected chi connectivity index (χ2v) is 5.91. The summed E-state index contributed by atoms with van der Waals surface area (Å²) in [7, 11) is 0. The van der Waals surface area contributed by atoms with E-state index in [0.29, 0.717) is 0 Å². The first-order valence-electron chi connectivity index (χ1n) is 8.19. The number of benzene rings is 2. The lowest BCUT2D eigenvalue weighted by molar-refractivity contribution is -0.116. The van der Waals surface area contributed by atoms with Crippen LogP contribution in [0.2, 0.25) is 0 Å². The van der Waals surface area contributed by atoms with Crippen molar-refractivity contribution >= 4 is 23.3 Å². The van der Waals surface area contributed by atoms with Gasteiger partial charge in [-0.25, -0.2) is 13.6 Å². The van der Waals surface area contributed by atoms with Crippen LogP contribution in [0.4, 0.5) is 33.7 Å². The Hall–Kier alpha value is -3.30. The Balaban J connectivity index is 1.60. The van der Waals surface area contributed by atoms with Gasteiger partial charge in [0, 0.05) is 36.6 Å². The summed E-state index contributed by atoms with van der Waals surface area (Å²) in [5, 5.41) is 2.49. The molecule has 1 aliphatic heterocycles. The maximum atomic E-state index is 13.4. The monoisotopic (exact) mass is 397 g/mol. The minimum absolute atomic E-state index is 0.116. The number of carbonyl (C=O) groups is 2. The van der Waals surface area contributed by atoms with Crippen LogP contribution in [0.3, 0.4) is 0 Å². The molecule has 0 bridgehead atoms. The van der Waals surface area contributed by atoms with Crippen molar-refractivity contribution < 1.29 is 31.9 Å². The summed E-state index contributed by atoms with van der Waals surface area (Å²) in [5.74, 6) is -2.76. The summed E-state index contributed by atoms with van der Waals surface area (Å²) in [6, 6.07) is 8.02. The van der Waals surface area contributed by atoms with Crippen LogP contribution in [0.1, 0.15) is 0 Å². The highest BCUT2D eigenvalue weighted by atomic mass is 19.3. The van der Waals surface area contributed by atoms with Crippen LogP contribution in [-0.4, -0.2) is 43.1 Å². The molecule has 1 saturated heterocycles. The number of ether oxygens (including phenoxy) is 1. The summed E-state index contributed by atoms with van der Waals surface area (Å²) >= 11 is 0. The van der Waals surface area contributed by atoms with Gasteiger partial charge in [0.15, 0.2) is 11.6 Å². The molecule has 6 nitrogen and oxygen atoms in total. The number of alkyl halides is 2. The lowest BCUT2D eigenvalue weighted by Crippen LogP contribution is -2.37. The molecule has 1 N–H and O–H groups in total. The van der Waals surface area contributed by atoms with Crippen molar-refractivity contribution in [3.63, 3.8) is 0 Å². The van der Waals surface area contributed by atoms with E-state index in [-0.39, 0.29) is 36.8 Å². The third kappa shape index (κ3) is 4.51. The van der Waals surface area contributed by atoms with Crippen molar-refractivity contribution in [2.75, 3.05) is 29.9 Å². The number of halogens is 4. The van der Waals surface area contributed by atoms with Gasteiger partial charge in [-0.1, -0.05) is 6.07 Å². The number of anilines is 2. The maximum absolute atomic E-state index is 13.4. The zero-order chi connectivity index (χ0) is 20.3. The van der Waals surface area contributed by atoms with Crippen molar-refractivity contribution in [1.82, 2.24) is 4.90 Å². The summed E-state index contributed by atoms with van der Waals surface area (Å²) in [5.41, 5.74) is 0.413. The molecule has 0 atom stereocenters. The van der Waals surface area contributed by atoms with Gasteiger partial charge >= 0.3 is 12.6 Å². The Labute approximate surface area is 157 Å². The van der Waals surface area contributed by atoms with Crippen LogP contribution in [0, 0.1) is 11.6 Å². The van der Waals surface area contributed by atoms with Gasteiger partial charge in [0.05, 0.1) is 0 Å². The molecule has 0 aliphatic carbocycles. The predicted molar refractivity (Wildman–Crippen MR) is 92.4 cm³/mol. The molecule has 2 aromatic rings. The third-order valence-electron chi connectivity index (χ3n) is 3.99. The Bertz CT molecular complexity index is 894. The molecule has 0 aromatic heterocycles. The minimum atomic E-state index is -2.99. The zero-order valence-corrected chi connectivity index (χ0v) is 14.4. The zero-order valence-electron chi connectivity index (χ0n) is 14.4. The topological polar surface area (TPSA) is 61.9 Å². The highest BCUT2D eigenvalue weighted by Crippen LogP contribution is 2.23. The van der Waals surface area contributed by atoms with Crippen molar-refractivity contribution in [3.8, 4) is 5.75 Å². The van der Waals surface area contributed by atoms with Gasteiger partial charge in [0.2, 0.25) is 5.91 Å². The van der Waals surface area contributed by atoms with Crippen LogP contribution in [0.5, 0.6) is 5.75 Å². The summed E-state index contributed by atoms with van der Waals surface area (Å²) in [4.78, 5) is 27.0. The largest absolute Gasteiger partial charge is 0.435 e. The van der Waals surface area contributed by atoms with Gasteiger partial charge < -0.3 is 15.0 Å². The average Bonchev–Trinajstić information content (AvgIpc) is 2.97. The first-order valence-corrected chi connectivity index (χ1v) is 8.19. The van der Waals surface area contributed by atoms with E-state index in [1.54, 1.807) is 0 Å². The molecule has 2 aromatic carbocycles. The van der Waals surface area contributed by atoms with E-state index in [1.807, 2.05) is 0 Å². The molecular weight excluding hydrogens is 382 g/mol. The van der Waals surface area contributed by atoms with Gasteiger partial charge in [0.25, 0.3) is 0 Å². The molecule has 1 fully saturated rings. The van der Waals surface area contributed by atoms with Crippen molar-refractivity contribution in [3.05, 3.63) is 54.1 Å². The van der Waals surface area contributed by atoms with Gasteiger partial charge in [-0.05, 0) is 24.3 Å². The van der Waals surface area contributed by atoms with Crippen LogP contribution in [0.15, 0.2) is 42.5 Å². The van der Waals surface area contributed by atoms with Crippen LogP contribution < -0.4 is 15.0 Å². The highest BCUT2D eigenvalue weighted by Gasteiger charge is 2.31. The Morgan fingerprint density at radius 1 is 1.11 bits per heavy atom. The lowest BCUT2D eigenvalue weighted by atomic mass is 10.3. The van der Waals surface area contributed by atoms with Crippen LogP contribution >= 0.6 is 0 Å². The van der Waals surface area contributed by atoms with E-state index >= 15 is 0 Å². The molecule has 3 rings (SSSR count).